The highest BCUT2D eigenvalue weighted by atomic mass is 16.1. The van der Waals surface area contributed by atoms with Crippen LogP contribution in [-0.4, -0.2) is 10.9 Å². The van der Waals surface area contributed by atoms with Gasteiger partial charge in [0, 0.05) is 11.9 Å². The Morgan fingerprint density at radius 2 is 1.94 bits per heavy atom. The molecule has 0 spiro atoms. The minimum Gasteiger partial charge on any atom is -0.322 e. The van der Waals surface area contributed by atoms with Crippen molar-refractivity contribution in [3.63, 3.8) is 0 Å². The van der Waals surface area contributed by atoms with E-state index >= 15 is 0 Å². The summed E-state index contributed by atoms with van der Waals surface area (Å²) >= 11 is 0. The molecular weight excluding hydrogens is 212 g/mol. The number of nitrogens with zero attached hydrogens (tertiary/aromatic N) is 1. The van der Waals surface area contributed by atoms with E-state index in [1.807, 2.05) is 30.3 Å². The van der Waals surface area contributed by atoms with Crippen LogP contribution in [0.4, 0.5) is 5.69 Å². The van der Waals surface area contributed by atoms with Gasteiger partial charge in [0.25, 0.3) is 5.91 Å². The lowest BCUT2D eigenvalue weighted by atomic mass is 10.1. The fraction of sp³-hybridized carbons (Fsp3) is 0. The van der Waals surface area contributed by atoms with Crippen LogP contribution in [0, 0.1) is 0 Å². The third-order valence-corrected chi connectivity index (χ3v) is 2.31. The first-order valence-electron chi connectivity index (χ1n) is 5.25. The third kappa shape index (κ3) is 2.58. The van der Waals surface area contributed by atoms with Crippen molar-refractivity contribution in [3.05, 3.63) is 66.5 Å². The molecule has 0 saturated heterocycles. The fourth-order valence-electron chi connectivity index (χ4n) is 1.49. The maximum absolute atomic E-state index is 12.0. The molecule has 1 amide bonds. The van der Waals surface area contributed by atoms with Gasteiger partial charge >= 0.3 is 0 Å². The molecule has 0 aliphatic carbocycles. The summed E-state index contributed by atoms with van der Waals surface area (Å²) in [6.07, 6.45) is 3.20. The van der Waals surface area contributed by atoms with E-state index in [9.17, 15) is 4.79 Å². The second-order valence-corrected chi connectivity index (χ2v) is 3.46. The van der Waals surface area contributed by atoms with E-state index in [-0.39, 0.29) is 5.91 Å². The number of rotatable bonds is 3. The van der Waals surface area contributed by atoms with E-state index in [0.29, 0.717) is 11.3 Å². The van der Waals surface area contributed by atoms with Crippen LogP contribution in [0.3, 0.4) is 0 Å². The van der Waals surface area contributed by atoms with Crippen LogP contribution in [0.5, 0.6) is 0 Å². The van der Waals surface area contributed by atoms with Gasteiger partial charge in [-0.3, -0.25) is 9.78 Å². The molecule has 0 radical (unpaired) electrons. The minimum atomic E-state index is -0.181. The summed E-state index contributed by atoms with van der Waals surface area (Å²) in [5.74, 6) is -0.181. The van der Waals surface area contributed by atoms with Gasteiger partial charge in [-0.2, -0.15) is 0 Å². The van der Waals surface area contributed by atoms with Gasteiger partial charge in [-0.25, -0.2) is 0 Å². The molecule has 2 aromatic rings. The lowest BCUT2D eigenvalue weighted by molar-refractivity contribution is 0.102. The molecular formula is C14H12N2O. The maximum Gasteiger partial charge on any atom is 0.257 e. The maximum atomic E-state index is 12.0. The number of benzene rings is 1. The largest absolute Gasteiger partial charge is 0.322 e. The quantitative estimate of drug-likeness (QED) is 0.870. The first kappa shape index (κ1) is 11.1. The standard InChI is InChI=1S/C14H12N2O/c1-2-13-12(9-6-10-15-13)14(17)16-11-7-4-3-5-8-11/h2-10H,1H2,(H,16,17). The van der Waals surface area contributed by atoms with Gasteiger partial charge in [-0.1, -0.05) is 24.8 Å². The number of carbonyl (C=O) groups excluding carboxylic acids is 1. The number of aromatic nitrogens is 1. The van der Waals surface area contributed by atoms with E-state index in [4.69, 9.17) is 0 Å². The van der Waals surface area contributed by atoms with E-state index in [1.54, 1.807) is 24.4 Å². The van der Waals surface area contributed by atoms with E-state index in [2.05, 4.69) is 16.9 Å². The lowest BCUT2D eigenvalue weighted by Crippen LogP contribution is -2.13. The molecule has 1 N–H and O–H groups in total. The first-order valence-corrected chi connectivity index (χ1v) is 5.25. The van der Waals surface area contributed by atoms with Crippen LogP contribution < -0.4 is 5.32 Å². The summed E-state index contributed by atoms with van der Waals surface area (Å²) < 4.78 is 0. The van der Waals surface area contributed by atoms with Crippen molar-refractivity contribution in [2.24, 2.45) is 0 Å². The van der Waals surface area contributed by atoms with Crippen LogP contribution in [0.25, 0.3) is 6.08 Å². The van der Waals surface area contributed by atoms with Gasteiger partial charge in [0.15, 0.2) is 0 Å². The third-order valence-electron chi connectivity index (χ3n) is 2.31. The average Bonchev–Trinajstić information content (AvgIpc) is 2.40. The van der Waals surface area contributed by atoms with E-state index in [1.165, 1.54) is 0 Å². The normalized spacial score (nSPS) is 9.65. The van der Waals surface area contributed by atoms with Crippen LogP contribution in [-0.2, 0) is 0 Å². The van der Waals surface area contributed by atoms with Crippen LogP contribution in [0.1, 0.15) is 16.1 Å². The first-order chi connectivity index (χ1) is 8.31. The van der Waals surface area contributed by atoms with Crippen molar-refractivity contribution in [1.82, 2.24) is 4.98 Å². The number of nitrogens with one attached hydrogen (secondary N) is 1. The molecule has 3 heteroatoms. The number of carbonyl (C=O) groups is 1. The summed E-state index contributed by atoms with van der Waals surface area (Å²) in [7, 11) is 0. The Kier molecular flexibility index (Phi) is 3.31. The summed E-state index contributed by atoms with van der Waals surface area (Å²) in [4.78, 5) is 16.1. The monoisotopic (exact) mass is 224 g/mol. The number of hydrogen-bond donors (Lipinski definition) is 1. The van der Waals surface area contributed by atoms with Crippen LogP contribution >= 0.6 is 0 Å². The summed E-state index contributed by atoms with van der Waals surface area (Å²) in [5.41, 5.74) is 1.86. The Labute approximate surface area is 99.8 Å². The molecule has 0 atom stereocenters. The highest BCUT2D eigenvalue weighted by Crippen LogP contribution is 2.11. The topological polar surface area (TPSA) is 42.0 Å². The molecule has 0 saturated carbocycles. The molecule has 1 aromatic carbocycles. The zero-order chi connectivity index (χ0) is 12.1. The predicted molar refractivity (Wildman–Crippen MR) is 68.7 cm³/mol. The molecule has 0 fully saturated rings. The lowest BCUT2D eigenvalue weighted by Gasteiger charge is -2.06. The second kappa shape index (κ2) is 5.07. The van der Waals surface area contributed by atoms with Crippen molar-refractivity contribution in [2.45, 2.75) is 0 Å². The fourth-order valence-corrected chi connectivity index (χ4v) is 1.49. The number of para-hydroxylation sites is 1. The summed E-state index contributed by atoms with van der Waals surface area (Å²) in [6, 6.07) is 12.8. The Balaban J connectivity index is 2.23. The summed E-state index contributed by atoms with van der Waals surface area (Å²) in [6.45, 7) is 3.64. The zero-order valence-electron chi connectivity index (χ0n) is 9.26. The second-order valence-electron chi connectivity index (χ2n) is 3.46. The Hall–Kier alpha value is -2.42. The molecule has 0 aliphatic heterocycles. The van der Waals surface area contributed by atoms with Gasteiger partial charge in [-0.15, -0.1) is 0 Å². The number of anilines is 1. The SMILES string of the molecule is C=Cc1ncccc1C(=O)Nc1ccccc1. The van der Waals surface area contributed by atoms with Crippen LogP contribution in [0.2, 0.25) is 0 Å². The molecule has 3 nitrogen and oxygen atoms in total. The highest BCUT2D eigenvalue weighted by Gasteiger charge is 2.09. The molecule has 1 aromatic heterocycles. The highest BCUT2D eigenvalue weighted by molar-refractivity contribution is 6.06. The minimum absolute atomic E-state index is 0.181. The molecule has 2 rings (SSSR count). The van der Waals surface area contributed by atoms with Gasteiger partial charge in [0.2, 0.25) is 0 Å². The number of hydrogen-bond acceptors (Lipinski definition) is 2. The molecule has 1 heterocycles. The molecule has 17 heavy (non-hydrogen) atoms. The molecule has 0 unspecified atom stereocenters. The van der Waals surface area contributed by atoms with Gasteiger partial charge < -0.3 is 5.32 Å². The Morgan fingerprint density at radius 1 is 1.18 bits per heavy atom. The Bertz CT molecular complexity index is 535. The number of amides is 1. The van der Waals surface area contributed by atoms with E-state index < -0.39 is 0 Å². The zero-order valence-corrected chi connectivity index (χ0v) is 9.26. The van der Waals surface area contributed by atoms with Crippen molar-refractivity contribution < 1.29 is 4.79 Å². The van der Waals surface area contributed by atoms with Gasteiger partial charge in [-0.05, 0) is 30.3 Å². The van der Waals surface area contributed by atoms with Crippen molar-refractivity contribution in [1.29, 1.82) is 0 Å². The predicted octanol–water partition coefficient (Wildman–Crippen LogP) is 2.98. The molecule has 0 bridgehead atoms. The Morgan fingerprint density at radius 3 is 2.65 bits per heavy atom. The van der Waals surface area contributed by atoms with Crippen molar-refractivity contribution in [3.8, 4) is 0 Å². The smallest absolute Gasteiger partial charge is 0.257 e. The van der Waals surface area contributed by atoms with Crippen molar-refractivity contribution in [2.75, 3.05) is 5.32 Å². The molecule has 84 valence electrons. The van der Waals surface area contributed by atoms with Crippen LogP contribution in [0.15, 0.2) is 55.2 Å². The van der Waals surface area contributed by atoms with Gasteiger partial charge in [0.05, 0.1) is 11.3 Å². The number of pyridine rings is 1. The summed E-state index contributed by atoms with van der Waals surface area (Å²) in [5, 5.41) is 2.81. The van der Waals surface area contributed by atoms with Gasteiger partial charge in [0.1, 0.15) is 0 Å². The van der Waals surface area contributed by atoms with Crippen molar-refractivity contribution >= 4 is 17.7 Å². The van der Waals surface area contributed by atoms with E-state index in [0.717, 1.165) is 5.69 Å². The molecule has 0 aliphatic rings. The average molecular weight is 224 g/mol.